The second-order valence-corrected chi connectivity index (χ2v) is 6.68. The van der Waals surface area contributed by atoms with Crippen LogP contribution in [-0.4, -0.2) is 32.0 Å². The Bertz CT molecular complexity index is 1290. The molecule has 0 N–H and O–H groups in total. The second-order valence-electron chi connectivity index (χ2n) is 6.68. The number of hydrogen-bond donors (Lipinski definition) is 0. The molecule has 8 nitrogen and oxygen atoms in total. The number of hydrogen-bond acceptors (Lipinski definition) is 6. The first-order valence-electron chi connectivity index (χ1n) is 9.23. The number of pyridine rings is 2. The van der Waals surface area contributed by atoms with Gasteiger partial charge in [-0.05, 0) is 35.9 Å². The maximum Gasteiger partial charge on any atom is 0.352 e. The normalized spacial score (nSPS) is 10.8. The zero-order valence-electron chi connectivity index (χ0n) is 16.2. The lowest BCUT2D eigenvalue weighted by Crippen LogP contribution is -2.38. The number of nitrogens with zero attached hydrogens (tertiary/aromatic N) is 4. The molecule has 150 valence electrons. The molecule has 0 fully saturated rings. The minimum absolute atomic E-state index is 0.0665. The molecule has 30 heavy (non-hydrogen) atoms. The van der Waals surface area contributed by atoms with Gasteiger partial charge in [-0.25, -0.2) is 4.79 Å². The number of carbonyl (C=O) groups is 1. The quantitative estimate of drug-likeness (QED) is 0.457. The molecule has 0 unspecified atom stereocenters. The molecule has 2 aliphatic heterocycles. The Kier molecular flexibility index (Phi) is 5.21. The SMILES string of the molecule is COc1cccc(C(=O)Cn2cccc3c(=O)n(Cc4cccnc4)c(=O)nc2-3)c1. The Balaban J connectivity index is 1.71. The molecule has 1 aromatic carbocycles. The lowest BCUT2D eigenvalue weighted by molar-refractivity contribution is 0.0971. The number of Topliss-reactive ketones (excluding diaryl/α,β-unsaturated/α-hetero) is 1. The Morgan fingerprint density at radius 3 is 2.73 bits per heavy atom. The van der Waals surface area contributed by atoms with E-state index in [1.807, 2.05) is 0 Å². The van der Waals surface area contributed by atoms with E-state index < -0.39 is 11.2 Å². The van der Waals surface area contributed by atoms with Gasteiger partial charge in [-0.2, -0.15) is 4.98 Å². The van der Waals surface area contributed by atoms with Crippen LogP contribution in [0.25, 0.3) is 11.4 Å². The number of rotatable bonds is 6. The predicted octanol–water partition coefficient (Wildman–Crippen LogP) is 1.84. The number of methoxy groups -OCH3 is 1. The van der Waals surface area contributed by atoms with Crippen LogP contribution in [0, 0.1) is 0 Å². The minimum atomic E-state index is -0.676. The van der Waals surface area contributed by atoms with Crippen molar-refractivity contribution in [3.8, 4) is 17.1 Å². The van der Waals surface area contributed by atoms with Gasteiger partial charge < -0.3 is 9.30 Å². The van der Waals surface area contributed by atoms with Crippen LogP contribution in [0.5, 0.6) is 5.75 Å². The van der Waals surface area contributed by atoms with Crippen molar-refractivity contribution in [2.45, 2.75) is 13.1 Å². The molecule has 1 aromatic heterocycles. The van der Waals surface area contributed by atoms with Crippen LogP contribution in [-0.2, 0) is 13.1 Å². The van der Waals surface area contributed by atoms with Crippen LogP contribution in [0.4, 0.5) is 0 Å². The summed E-state index contributed by atoms with van der Waals surface area (Å²) in [5, 5.41) is 0. The summed E-state index contributed by atoms with van der Waals surface area (Å²) in [6.07, 6.45) is 4.83. The molecular weight excluding hydrogens is 384 g/mol. The first kappa shape index (κ1) is 19.3. The molecule has 0 atom stereocenters. The highest BCUT2D eigenvalue weighted by Gasteiger charge is 2.19. The number of aromatic nitrogens is 4. The number of ketones is 1. The van der Waals surface area contributed by atoms with E-state index in [1.54, 1.807) is 67.1 Å². The first-order chi connectivity index (χ1) is 14.6. The number of ether oxygens (including phenoxy) is 1. The van der Waals surface area contributed by atoms with E-state index in [0.717, 1.165) is 10.1 Å². The van der Waals surface area contributed by atoms with Crippen LogP contribution in [0.3, 0.4) is 0 Å². The predicted molar refractivity (Wildman–Crippen MR) is 110 cm³/mol. The second kappa shape index (κ2) is 8.12. The first-order valence-corrected chi connectivity index (χ1v) is 9.23. The third-order valence-electron chi connectivity index (χ3n) is 4.72. The molecule has 2 aromatic rings. The van der Waals surface area contributed by atoms with E-state index in [-0.39, 0.29) is 30.3 Å². The zero-order chi connectivity index (χ0) is 21.1. The summed E-state index contributed by atoms with van der Waals surface area (Å²) in [4.78, 5) is 46.3. The van der Waals surface area contributed by atoms with Gasteiger partial charge in [0.1, 0.15) is 5.75 Å². The van der Waals surface area contributed by atoms with Gasteiger partial charge in [-0.1, -0.05) is 18.2 Å². The van der Waals surface area contributed by atoms with Gasteiger partial charge >= 0.3 is 5.69 Å². The standard InChI is InChI=1S/C22H18N4O4/c1-30-17-7-2-6-16(11-17)19(27)14-25-10-4-8-18-20(25)24-22(29)26(21(18)28)13-15-5-3-9-23-12-15/h2-12H,13-14H2,1H3. The number of carbonyl (C=O) groups excluding carboxylic acids is 1. The summed E-state index contributed by atoms with van der Waals surface area (Å²) in [5.41, 5.74) is 0.308. The Labute approximate surface area is 171 Å². The summed E-state index contributed by atoms with van der Waals surface area (Å²) >= 11 is 0. The zero-order valence-corrected chi connectivity index (χ0v) is 16.2. The van der Waals surface area contributed by atoms with Crippen LogP contribution >= 0.6 is 0 Å². The van der Waals surface area contributed by atoms with Gasteiger partial charge in [0.25, 0.3) is 5.56 Å². The van der Waals surface area contributed by atoms with Crippen LogP contribution in [0.2, 0.25) is 0 Å². The van der Waals surface area contributed by atoms with E-state index in [2.05, 4.69) is 9.97 Å². The van der Waals surface area contributed by atoms with Crippen molar-refractivity contribution in [1.82, 2.24) is 19.1 Å². The van der Waals surface area contributed by atoms with Crippen LogP contribution in [0.15, 0.2) is 76.7 Å². The number of benzene rings is 1. The molecule has 0 amide bonds. The van der Waals surface area contributed by atoms with Gasteiger partial charge in [0.2, 0.25) is 0 Å². The lowest BCUT2D eigenvalue weighted by atomic mass is 10.1. The molecular formula is C22H18N4O4. The van der Waals surface area contributed by atoms with Crippen molar-refractivity contribution >= 4 is 5.78 Å². The molecule has 0 radical (unpaired) electrons. The van der Waals surface area contributed by atoms with E-state index in [1.165, 1.54) is 11.7 Å². The fourth-order valence-electron chi connectivity index (χ4n) is 3.20. The highest BCUT2D eigenvalue weighted by molar-refractivity contribution is 5.96. The fourth-order valence-corrected chi connectivity index (χ4v) is 3.20. The molecule has 4 rings (SSSR count). The van der Waals surface area contributed by atoms with Crippen molar-refractivity contribution in [3.05, 3.63) is 99.1 Å². The van der Waals surface area contributed by atoms with Gasteiger partial charge in [-0.15, -0.1) is 0 Å². The molecule has 0 spiro atoms. The third-order valence-corrected chi connectivity index (χ3v) is 4.72. The largest absolute Gasteiger partial charge is 0.497 e. The van der Waals surface area contributed by atoms with E-state index >= 15 is 0 Å². The van der Waals surface area contributed by atoms with Gasteiger partial charge in [-0.3, -0.25) is 19.1 Å². The summed E-state index contributed by atoms with van der Waals surface area (Å²) in [6.45, 7) is 0.00902. The monoisotopic (exact) mass is 402 g/mol. The molecule has 0 bridgehead atoms. The Hall–Kier alpha value is -4.07. The summed E-state index contributed by atoms with van der Waals surface area (Å²) < 4.78 is 7.73. The summed E-state index contributed by atoms with van der Waals surface area (Å²) in [5.74, 6) is 0.549. The van der Waals surface area contributed by atoms with Crippen molar-refractivity contribution in [3.63, 3.8) is 0 Å². The maximum atomic E-state index is 12.9. The average molecular weight is 402 g/mol. The molecule has 0 aliphatic carbocycles. The van der Waals surface area contributed by atoms with E-state index in [0.29, 0.717) is 11.3 Å². The van der Waals surface area contributed by atoms with Gasteiger partial charge in [0.15, 0.2) is 11.6 Å². The molecule has 0 saturated carbocycles. The van der Waals surface area contributed by atoms with Crippen molar-refractivity contribution in [2.75, 3.05) is 7.11 Å². The topological polar surface area (TPSA) is 96.1 Å². The minimum Gasteiger partial charge on any atom is -0.497 e. The summed E-state index contributed by atoms with van der Waals surface area (Å²) in [6, 6.07) is 13.6. The molecule has 0 saturated heterocycles. The van der Waals surface area contributed by atoms with Crippen LogP contribution < -0.4 is 16.0 Å². The van der Waals surface area contributed by atoms with Crippen molar-refractivity contribution in [1.29, 1.82) is 0 Å². The summed E-state index contributed by atoms with van der Waals surface area (Å²) in [7, 11) is 1.53. The molecule has 3 heterocycles. The van der Waals surface area contributed by atoms with Crippen molar-refractivity contribution in [2.24, 2.45) is 0 Å². The van der Waals surface area contributed by atoms with Crippen molar-refractivity contribution < 1.29 is 9.53 Å². The van der Waals surface area contributed by atoms with Crippen LogP contribution in [0.1, 0.15) is 15.9 Å². The van der Waals surface area contributed by atoms with Gasteiger partial charge in [0, 0.05) is 24.2 Å². The third kappa shape index (κ3) is 3.75. The van der Waals surface area contributed by atoms with E-state index in [4.69, 9.17) is 4.74 Å². The maximum absolute atomic E-state index is 12.9. The van der Waals surface area contributed by atoms with Gasteiger partial charge in [0.05, 0.1) is 25.8 Å². The highest BCUT2D eigenvalue weighted by atomic mass is 16.5. The lowest BCUT2D eigenvalue weighted by Gasteiger charge is -2.15. The van der Waals surface area contributed by atoms with E-state index in [9.17, 15) is 14.4 Å². The molecule has 8 heteroatoms. The number of fused-ring (bicyclic) bond motifs is 1. The smallest absolute Gasteiger partial charge is 0.352 e. The average Bonchev–Trinajstić information content (AvgIpc) is 2.78. The molecule has 2 aliphatic rings. The Morgan fingerprint density at radius 2 is 1.97 bits per heavy atom. The fraction of sp³-hybridized carbons (Fsp3) is 0.136. The Morgan fingerprint density at radius 1 is 1.10 bits per heavy atom. The highest BCUT2D eigenvalue weighted by Crippen LogP contribution is 2.17.